The van der Waals surface area contributed by atoms with Crippen molar-refractivity contribution >= 4 is 0 Å². The molecule has 20 heavy (non-hydrogen) atoms. The first kappa shape index (κ1) is 16.5. The summed E-state index contributed by atoms with van der Waals surface area (Å²) in [6.45, 7) is 12.9. The zero-order chi connectivity index (χ0) is 15.4. The molecule has 2 aromatic heterocycles. The van der Waals surface area contributed by atoms with Gasteiger partial charge in [0.2, 0.25) is 0 Å². The molecule has 0 aliphatic carbocycles. The molecule has 0 unspecified atom stereocenters. The number of aryl methyl sites for hydroxylation is 3. The van der Waals surface area contributed by atoms with Gasteiger partial charge in [-0.1, -0.05) is 27.7 Å². The lowest BCUT2D eigenvalue weighted by Crippen LogP contribution is -2.00. The summed E-state index contributed by atoms with van der Waals surface area (Å²) < 4.78 is 3.81. The summed E-state index contributed by atoms with van der Waals surface area (Å²) >= 11 is 0. The molecule has 0 radical (unpaired) electrons. The minimum Gasteiger partial charge on any atom is -0.276 e. The molecular weight excluding hydrogens is 248 g/mol. The molecule has 0 N–H and O–H groups in total. The minimum atomic E-state index is 0.571. The highest BCUT2D eigenvalue weighted by Crippen LogP contribution is 2.19. The average Bonchev–Trinajstić information content (AvgIpc) is 2.85. The summed E-state index contributed by atoms with van der Waals surface area (Å²) in [5.41, 5.74) is 5.14. The summed E-state index contributed by atoms with van der Waals surface area (Å²) in [5.74, 6) is 1.17. The van der Waals surface area contributed by atoms with E-state index in [9.17, 15) is 0 Å². The fourth-order valence-corrected chi connectivity index (χ4v) is 2.33. The van der Waals surface area contributed by atoms with E-state index in [1.807, 2.05) is 35.9 Å². The predicted octanol–water partition coefficient (Wildman–Crippen LogP) is 3.70. The highest BCUT2D eigenvalue weighted by Gasteiger charge is 2.11. The van der Waals surface area contributed by atoms with Gasteiger partial charge in [0.1, 0.15) is 0 Å². The van der Waals surface area contributed by atoms with Crippen molar-refractivity contribution in [1.82, 2.24) is 19.6 Å². The number of hydrogen-bond donors (Lipinski definition) is 0. The number of rotatable bonds is 2. The molecule has 0 amide bonds. The molecular formula is C16H28N4. The molecule has 2 aromatic rings. The third-order valence-electron chi connectivity index (χ3n) is 3.51. The van der Waals surface area contributed by atoms with E-state index in [4.69, 9.17) is 0 Å². The van der Waals surface area contributed by atoms with Crippen LogP contribution in [0.1, 0.15) is 62.0 Å². The van der Waals surface area contributed by atoms with E-state index < -0.39 is 0 Å². The Kier molecular flexibility index (Phi) is 5.54. The van der Waals surface area contributed by atoms with Gasteiger partial charge >= 0.3 is 0 Å². The fraction of sp³-hybridized carbons (Fsp3) is 0.625. The summed E-state index contributed by atoms with van der Waals surface area (Å²) in [6.07, 6.45) is 3.95. The molecule has 0 aliphatic rings. The standard InChI is InChI=1S/C9H16N2.C7H12N2/c1-6(2)9-7(3)8(4)10-11(9)5;1-6(2)7-4-8-9(3)5-7/h6H,1-5H3;4-6H,1-3H3. The SMILES string of the molecule is CC(C)c1cnn(C)c1.Cc1nn(C)c(C(C)C)c1C. The van der Waals surface area contributed by atoms with Crippen LogP contribution in [0.3, 0.4) is 0 Å². The van der Waals surface area contributed by atoms with Gasteiger partial charge in [-0.25, -0.2) is 0 Å². The van der Waals surface area contributed by atoms with E-state index in [1.165, 1.54) is 16.8 Å². The van der Waals surface area contributed by atoms with Gasteiger partial charge in [0.15, 0.2) is 0 Å². The van der Waals surface area contributed by atoms with Crippen molar-refractivity contribution in [3.05, 3.63) is 34.9 Å². The van der Waals surface area contributed by atoms with Crippen LogP contribution in [0, 0.1) is 13.8 Å². The Labute approximate surface area is 122 Å². The molecule has 0 saturated heterocycles. The zero-order valence-electron chi connectivity index (χ0n) is 14.1. The van der Waals surface area contributed by atoms with Crippen molar-refractivity contribution in [3.8, 4) is 0 Å². The lowest BCUT2D eigenvalue weighted by molar-refractivity contribution is 0.663. The molecule has 0 saturated carbocycles. The molecule has 0 spiro atoms. The first-order valence-corrected chi connectivity index (χ1v) is 7.22. The lowest BCUT2D eigenvalue weighted by Gasteiger charge is -2.06. The molecule has 2 rings (SSSR count). The molecule has 112 valence electrons. The maximum Gasteiger partial charge on any atom is 0.0625 e. The summed E-state index contributed by atoms with van der Waals surface area (Å²) in [6, 6.07) is 0. The maximum absolute atomic E-state index is 4.35. The highest BCUT2D eigenvalue weighted by molar-refractivity contribution is 5.25. The second-order valence-electron chi connectivity index (χ2n) is 5.98. The van der Waals surface area contributed by atoms with Crippen molar-refractivity contribution in [1.29, 1.82) is 0 Å². The molecule has 2 heterocycles. The molecule has 4 heteroatoms. The van der Waals surface area contributed by atoms with Gasteiger partial charge in [-0.2, -0.15) is 10.2 Å². The molecule has 4 nitrogen and oxygen atoms in total. The zero-order valence-corrected chi connectivity index (χ0v) is 14.1. The summed E-state index contributed by atoms with van der Waals surface area (Å²) in [7, 11) is 3.95. The molecule has 0 aliphatic heterocycles. The molecule has 0 bridgehead atoms. The number of nitrogens with zero attached hydrogens (tertiary/aromatic N) is 4. The first-order chi connectivity index (χ1) is 9.23. The second kappa shape index (κ2) is 6.73. The normalized spacial score (nSPS) is 10.9. The lowest BCUT2D eigenvalue weighted by atomic mass is 10.1. The minimum absolute atomic E-state index is 0.571. The van der Waals surface area contributed by atoms with Crippen LogP contribution in [0.4, 0.5) is 0 Å². The topological polar surface area (TPSA) is 35.6 Å². The fourth-order valence-electron chi connectivity index (χ4n) is 2.33. The van der Waals surface area contributed by atoms with Crippen LogP contribution in [-0.2, 0) is 14.1 Å². The molecule has 0 aromatic carbocycles. The van der Waals surface area contributed by atoms with Crippen molar-refractivity contribution < 1.29 is 0 Å². The summed E-state index contributed by atoms with van der Waals surface area (Å²) in [5, 5.41) is 8.40. The molecule has 0 fully saturated rings. The van der Waals surface area contributed by atoms with E-state index >= 15 is 0 Å². The van der Waals surface area contributed by atoms with E-state index in [1.54, 1.807) is 0 Å². The monoisotopic (exact) mass is 276 g/mol. The van der Waals surface area contributed by atoms with Crippen LogP contribution in [0.15, 0.2) is 12.4 Å². The Morgan fingerprint density at radius 3 is 1.80 bits per heavy atom. The van der Waals surface area contributed by atoms with Crippen LogP contribution in [-0.4, -0.2) is 19.6 Å². The van der Waals surface area contributed by atoms with Gasteiger partial charge in [0.25, 0.3) is 0 Å². The largest absolute Gasteiger partial charge is 0.276 e. The Balaban J connectivity index is 0.000000204. The van der Waals surface area contributed by atoms with E-state index in [0.717, 1.165) is 5.69 Å². The maximum atomic E-state index is 4.35. The van der Waals surface area contributed by atoms with Crippen molar-refractivity contribution in [2.75, 3.05) is 0 Å². The quantitative estimate of drug-likeness (QED) is 0.838. The van der Waals surface area contributed by atoms with Crippen LogP contribution in [0.25, 0.3) is 0 Å². The van der Waals surface area contributed by atoms with Gasteiger partial charge in [0, 0.05) is 26.0 Å². The van der Waals surface area contributed by atoms with Gasteiger partial charge in [0.05, 0.1) is 11.9 Å². The average molecular weight is 276 g/mol. The van der Waals surface area contributed by atoms with Crippen LogP contribution in [0.2, 0.25) is 0 Å². The third kappa shape index (κ3) is 3.95. The first-order valence-electron chi connectivity index (χ1n) is 7.22. The van der Waals surface area contributed by atoms with Crippen molar-refractivity contribution in [2.45, 2.75) is 53.4 Å². The van der Waals surface area contributed by atoms with Gasteiger partial charge in [-0.05, 0) is 36.8 Å². The van der Waals surface area contributed by atoms with E-state index in [2.05, 4.69) is 51.7 Å². The second-order valence-corrected chi connectivity index (χ2v) is 5.98. The Bertz CT molecular complexity index is 547. The summed E-state index contributed by atoms with van der Waals surface area (Å²) in [4.78, 5) is 0. The van der Waals surface area contributed by atoms with Gasteiger partial charge < -0.3 is 0 Å². The van der Waals surface area contributed by atoms with Crippen molar-refractivity contribution in [2.24, 2.45) is 14.1 Å². The molecule has 0 atom stereocenters. The third-order valence-corrected chi connectivity index (χ3v) is 3.51. The van der Waals surface area contributed by atoms with Crippen LogP contribution >= 0.6 is 0 Å². The Morgan fingerprint density at radius 1 is 1.00 bits per heavy atom. The van der Waals surface area contributed by atoms with Crippen LogP contribution < -0.4 is 0 Å². The van der Waals surface area contributed by atoms with E-state index in [-0.39, 0.29) is 0 Å². The number of hydrogen-bond acceptors (Lipinski definition) is 2. The van der Waals surface area contributed by atoms with Gasteiger partial charge in [-0.15, -0.1) is 0 Å². The smallest absolute Gasteiger partial charge is 0.0625 e. The highest BCUT2D eigenvalue weighted by atomic mass is 15.3. The van der Waals surface area contributed by atoms with Crippen LogP contribution in [0.5, 0.6) is 0 Å². The number of aromatic nitrogens is 4. The van der Waals surface area contributed by atoms with E-state index in [0.29, 0.717) is 11.8 Å². The predicted molar refractivity (Wildman–Crippen MR) is 84.1 cm³/mol. The Morgan fingerprint density at radius 2 is 1.60 bits per heavy atom. The Hall–Kier alpha value is -1.58. The van der Waals surface area contributed by atoms with Crippen molar-refractivity contribution in [3.63, 3.8) is 0 Å². The van der Waals surface area contributed by atoms with Gasteiger partial charge in [-0.3, -0.25) is 9.36 Å².